The molecule has 1 aromatic heterocycles. The number of aromatic nitrogens is 1. The second-order valence-electron chi connectivity index (χ2n) is 2.58. The first-order chi connectivity index (χ1) is 5.77. The summed E-state index contributed by atoms with van der Waals surface area (Å²) >= 11 is 0. The van der Waals surface area contributed by atoms with Gasteiger partial charge in [-0.15, -0.1) is 12.4 Å². The zero-order valence-corrected chi connectivity index (χ0v) is 7.51. The zero-order chi connectivity index (χ0) is 8.55. The predicted molar refractivity (Wildman–Crippen MR) is 53.4 cm³/mol. The molecule has 0 spiro atoms. The number of fused-ring (bicyclic) bond motifs is 1. The third-order valence-electron chi connectivity index (χ3n) is 1.68. The molecule has 2 aromatic rings. The van der Waals surface area contributed by atoms with Crippen LogP contribution >= 0.6 is 12.4 Å². The second kappa shape index (κ2) is 3.58. The SMILES string of the molecule is Cl.Nc1cnc2c(F)cccc2c1. The van der Waals surface area contributed by atoms with Crippen LogP contribution in [0.4, 0.5) is 10.1 Å². The third kappa shape index (κ3) is 1.70. The number of para-hydroxylation sites is 1. The van der Waals surface area contributed by atoms with E-state index in [9.17, 15) is 4.39 Å². The first-order valence-corrected chi connectivity index (χ1v) is 3.57. The normalized spacial score (nSPS) is 9.62. The fraction of sp³-hybridized carbons (Fsp3) is 0. The number of benzene rings is 1. The quantitative estimate of drug-likeness (QED) is 0.706. The fourth-order valence-corrected chi connectivity index (χ4v) is 1.14. The van der Waals surface area contributed by atoms with Gasteiger partial charge in [0.15, 0.2) is 0 Å². The maximum Gasteiger partial charge on any atom is 0.149 e. The summed E-state index contributed by atoms with van der Waals surface area (Å²) in [6.07, 6.45) is 1.45. The second-order valence-corrected chi connectivity index (χ2v) is 2.58. The number of pyridine rings is 1. The van der Waals surface area contributed by atoms with Gasteiger partial charge in [0.25, 0.3) is 0 Å². The molecule has 0 amide bonds. The van der Waals surface area contributed by atoms with Gasteiger partial charge in [-0.25, -0.2) is 4.39 Å². The summed E-state index contributed by atoms with van der Waals surface area (Å²) in [5.41, 5.74) is 6.41. The molecule has 2 rings (SSSR count). The molecular formula is C9H8ClFN2. The average molecular weight is 199 g/mol. The number of rotatable bonds is 0. The summed E-state index contributed by atoms with van der Waals surface area (Å²) in [5.74, 6) is -0.312. The van der Waals surface area contributed by atoms with Crippen LogP contribution in [0.15, 0.2) is 30.5 Å². The van der Waals surface area contributed by atoms with E-state index in [4.69, 9.17) is 5.73 Å². The molecule has 0 saturated carbocycles. The van der Waals surface area contributed by atoms with Crippen molar-refractivity contribution in [3.63, 3.8) is 0 Å². The van der Waals surface area contributed by atoms with Crippen LogP contribution in [0.1, 0.15) is 0 Å². The molecule has 68 valence electrons. The zero-order valence-electron chi connectivity index (χ0n) is 6.70. The molecule has 13 heavy (non-hydrogen) atoms. The van der Waals surface area contributed by atoms with Gasteiger partial charge in [-0.1, -0.05) is 12.1 Å². The van der Waals surface area contributed by atoms with Gasteiger partial charge in [-0.05, 0) is 12.1 Å². The summed E-state index contributed by atoms with van der Waals surface area (Å²) in [6.45, 7) is 0. The molecule has 0 fully saturated rings. The van der Waals surface area contributed by atoms with Crippen LogP contribution < -0.4 is 5.73 Å². The number of nitrogens with two attached hydrogens (primary N) is 1. The van der Waals surface area contributed by atoms with Crippen LogP contribution in [0.25, 0.3) is 10.9 Å². The standard InChI is InChI=1S/C9H7FN2.ClH/c10-8-3-1-2-6-4-7(11)5-12-9(6)8;/h1-5H,11H2;1H. The van der Waals surface area contributed by atoms with Crippen molar-refractivity contribution in [1.29, 1.82) is 0 Å². The number of hydrogen-bond acceptors (Lipinski definition) is 2. The fourth-order valence-electron chi connectivity index (χ4n) is 1.14. The van der Waals surface area contributed by atoms with Crippen LogP contribution in [0.2, 0.25) is 0 Å². The topological polar surface area (TPSA) is 38.9 Å². The van der Waals surface area contributed by atoms with E-state index >= 15 is 0 Å². The Hall–Kier alpha value is -1.35. The van der Waals surface area contributed by atoms with Crippen molar-refractivity contribution in [2.75, 3.05) is 5.73 Å². The number of halogens is 2. The van der Waals surface area contributed by atoms with Crippen molar-refractivity contribution < 1.29 is 4.39 Å². The van der Waals surface area contributed by atoms with Gasteiger partial charge in [-0.2, -0.15) is 0 Å². The molecular weight excluding hydrogens is 191 g/mol. The van der Waals surface area contributed by atoms with Gasteiger partial charge in [0, 0.05) is 5.39 Å². The molecule has 0 aliphatic carbocycles. The first kappa shape index (κ1) is 9.74. The van der Waals surface area contributed by atoms with Crippen molar-refractivity contribution >= 4 is 29.0 Å². The monoisotopic (exact) mass is 198 g/mol. The largest absolute Gasteiger partial charge is 0.397 e. The van der Waals surface area contributed by atoms with E-state index in [2.05, 4.69) is 4.98 Å². The average Bonchev–Trinajstić information content (AvgIpc) is 2.04. The van der Waals surface area contributed by atoms with Crippen LogP contribution in [-0.2, 0) is 0 Å². The molecule has 1 heterocycles. The van der Waals surface area contributed by atoms with Crippen molar-refractivity contribution in [3.05, 3.63) is 36.3 Å². The van der Waals surface area contributed by atoms with Gasteiger partial charge >= 0.3 is 0 Å². The number of nitrogen functional groups attached to an aromatic ring is 1. The first-order valence-electron chi connectivity index (χ1n) is 3.57. The molecule has 0 saturated heterocycles. The lowest BCUT2D eigenvalue weighted by molar-refractivity contribution is 0.637. The van der Waals surface area contributed by atoms with Crippen LogP contribution in [-0.4, -0.2) is 4.98 Å². The van der Waals surface area contributed by atoms with E-state index < -0.39 is 0 Å². The summed E-state index contributed by atoms with van der Waals surface area (Å²) in [4.78, 5) is 3.88. The highest BCUT2D eigenvalue weighted by Gasteiger charge is 1.99. The Balaban J connectivity index is 0.000000845. The Labute approximate surface area is 81.0 Å². The molecule has 1 aromatic carbocycles. The molecule has 0 unspecified atom stereocenters. The van der Waals surface area contributed by atoms with Crippen LogP contribution in [0.3, 0.4) is 0 Å². The van der Waals surface area contributed by atoms with E-state index in [1.165, 1.54) is 12.3 Å². The number of nitrogens with zero attached hydrogens (tertiary/aromatic N) is 1. The van der Waals surface area contributed by atoms with Crippen molar-refractivity contribution in [3.8, 4) is 0 Å². The van der Waals surface area contributed by atoms with Gasteiger partial charge in [-0.3, -0.25) is 4.98 Å². The Morgan fingerprint density at radius 3 is 2.85 bits per heavy atom. The molecule has 0 radical (unpaired) electrons. The number of anilines is 1. The lowest BCUT2D eigenvalue weighted by Gasteiger charge is -1.98. The van der Waals surface area contributed by atoms with Crippen molar-refractivity contribution in [1.82, 2.24) is 4.98 Å². The highest BCUT2D eigenvalue weighted by molar-refractivity contribution is 5.85. The summed E-state index contributed by atoms with van der Waals surface area (Å²) in [7, 11) is 0. The Morgan fingerprint density at radius 1 is 1.31 bits per heavy atom. The molecule has 0 bridgehead atoms. The van der Waals surface area contributed by atoms with Crippen LogP contribution in [0.5, 0.6) is 0 Å². The van der Waals surface area contributed by atoms with Gasteiger partial charge in [0.1, 0.15) is 11.3 Å². The summed E-state index contributed by atoms with van der Waals surface area (Å²) in [6, 6.07) is 6.50. The summed E-state index contributed by atoms with van der Waals surface area (Å²) in [5, 5.41) is 0.731. The van der Waals surface area contributed by atoms with Gasteiger partial charge < -0.3 is 5.73 Å². The van der Waals surface area contributed by atoms with E-state index in [1.807, 2.05) is 0 Å². The number of hydrogen-bond donors (Lipinski definition) is 1. The molecule has 4 heteroatoms. The lowest BCUT2D eigenvalue weighted by Crippen LogP contribution is -1.88. The summed E-state index contributed by atoms with van der Waals surface area (Å²) < 4.78 is 13.0. The van der Waals surface area contributed by atoms with Gasteiger partial charge in [0.2, 0.25) is 0 Å². The molecule has 0 atom stereocenters. The highest BCUT2D eigenvalue weighted by atomic mass is 35.5. The predicted octanol–water partition coefficient (Wildman–Crippen LogP) is 2.38. The Kier molecular flexibility index (Phi) is 2.68. The Bertz CT molecular complexity index is 431. The smallest absolute Gasteiger partial charge is 0.149 e. The van der Waals surface area contributed by atoms with Gasteiger partial charge in [0.05, 0.1) is 11.9 Å². The maximum absolute atomic E-state index is 13.0. The van der Waals surface area contributed by atoms with E-state index in [0.29, 0.717) is 11.2 Å². The van der Waals surface area contributed by atoms with E-state index in [1.54, 1.807) is 18.2 Å². The molecule has 2 N–H and O–H groups in total. The maximum atomic E-state index is 13.0. The molecule has 0 aliphatic heterocycles. The minimum Gasteiger partial charge on any atom is -0.397 e. The Morgan fingerprint density at radius 2 is 2.08 bits per heavy atom. The van der Waals surface area contributed by atoms with Crippen molar-refractivity contribution in [2.24, 2.45) is 0 Å². The van der Waals surface area contributed by atoms with E-state index in [-0.39, 0.29) is 18.2 Å². The third-order valence-corrected chi connectivity index (χ3v) is 1.68. The van der Waals surface area contributed by atoms with Crippen LogP contribution in [0, 0.1) is 5.82 Å². The lowest BCUT2D eigenvalue weighted by atomic mass is 10.2. The molecule has 2 nitrogen and oxygen atoms in total. The minimum absolute atomic E-state index is 0. The van der Waals surface area contributed by atoms with E-state index in [0.717, 1.165) is 5.39 Å². The molecule has 0 aliphatic rings. The minimum atomic E-state index is -0.312. The highest BCUT2D eigenvalue weighted by Crippen LogP contribution is 2.16. The van der Waals surface area contributed by atoms with Crippen molar-refractivity contribution in [2.45, 2.75) is 0 Å².